The molecular weight excluding hydrogens is 379 g/mol. The second kappa shape index (κ2) is 10.3. The van der Waals surface area contributed by atoms with Gasteiger partial charge in [-0.05, 0) is 35.8 Å². The zero-order chi connectivity index (χ0) is 21.4. The molecule has 0 spiro atoms. The zero-order valence-corrected chi connectivity index (χ0v) is 17.1. The van der Waals surface area contributed by atoms with E-state index in [0.29, 0.717) is 6.54 Å². The normalized spacial score (nSPS) is 11.6. The fraction of sp³-hybridized carbons (Fsp3) is 0.409. The van der Waals surface area contributed by atoms with Gasteiger partial charge in [0, 0.05) is 26.7 Å². The maximum Gasteiger partial charge on any atom is 0.416 e. The van der Waals surface area contributed by atoms with E-state index in [1.807, 2.05) is 24.3 Å². The first-order valence-electron chi connectivity index (χ1n) is 9.69. The van der Waals surface area contributed by atoms with Crippen molar-refractivity contribution in [3.63, 3.8) is 0 Å². The summed E-state index contributed by atoms with van der Waals surface area (Å²) in [4.78, 5) is 16.0. The molecule has 2 rings (SSSR count). The van der Waals surface area contributed by atoms with Crippen molar-refractivity contribution in [2.45, 2.75) is 39.7 Å². The summed E-state index contributed by atoms with van der Waals surface area (Å²) in [7, 11) is 1.49. The predicted molar refractivity (Wildman–Crippen MR) is 108 cm³/mol. The van der Waals surface area contributed by atoms with Gasteiger partial charge in [0.25, 0.3) is 0 Å². The van der Waals surface area contributed by atoms with Gasteiger partial charge < -0.3 is 10.2 Å². The van der Waals surface area contributed by atoms with Crippen LogP contribution >= 0.6 is 0 Å². The largest absolute Gasteiger partial charge is 0.416 e. The first-order chi connectivity index (χ1) is 13.8. The Morgan fingerprint density at radius 2 is 1.45 bits per heavy atom. The third-order valence-electron chi connectivity index (χ3n) is 4.91. The highest BCUT2D eigenvalue weighted by atomic mass is 19.4. The fourth-order valence-electron chi connectivity index (χ4n) is 3.14. The first-order valence-corrected chi connectivity index (χ1v) is 9.69. The summed E-state index contributed by atoms with van der Waals surface area (Å²) in [6.07, 6.45) is -4.45. The molecule has 29 heavy (non-hydrogen) atoms. The molecule has 0 aliphatic carbocycles. The Bertz CT molecular complexity index is 804. The van der Waals surface area contributed by atoms with Crippen molar-refractivity contribution in [2.75, 3.05) is 20.1 Å². The molecule has 0 atom stereocenters. The maximum atomic E-state index is 13.2. The van der Waals surface area contributed by atoms with E-state index in [-0.39, 0.29) is 12.1 Å². The quantitative estimate of drug-likeness (QED) is 0.676. The number of alkyl halides is 3. The van der Waals surface area contributed by atoms with Crippen LogP contribution < -0.4 is 5.32 Å². The van der Waals surface area contributed by atoms with Gasteiger partial charge in [0.2, 0.25) is 0 Å². The van der Waals surface area contributed by atoms with E-state index in [1.165, 1.54) is 24.1 Å². The highest BCUT2D eigenvalue weighted by Gasteiger charge is 2.33. The van der Waals surface area contributed by atoms with Crippen LogP contribution in [0.15, 0.2) is 48.5 Å². The lowest BCUT2D eigenvalue weighted by atomic mass is 10.1. The Morgan fingerprint density at radius 1 is 0.897 bits per heavy atom. The molecule has 0 unspecified atom stereocenters. The molecule has 0 saturated carbocycles. The molecule has 2 amide bonds. The number of nitrogens with zero attached hydrogens (tertiary/aromatic N) is 2. The first kappa shape index (κ1) is 22.7. The maximum absolute atomic E-state index is 13.2. The van der Waals surface area contributed by atoms with Crippen LogP contribution in [-0.4, -0.2) is 36.0 Å². The van der Waals surface area contributed by atoms with Crippen LogP contribution in [-0.2, 0) is 25.8 Å². The Balaban J connectivity index is 2.02. The molecule has 2 aromatic rings. The number of halogens is 3. The van der Waals surface area contributed by atoms with Crippen molar-refractivity contribution >= 4 is 6.03 Å². The summed E-state index contributed by atoms with van der Waals surface area (Å²) in [6, 6.07) is 12.8. The van der Waals surface area contributed by atoms with E-state index in [0.717, 1.165) is 36.8 Å². The number of carbonyl (C=O) groups is 1. The SMILES string of the molecule is CCN(CC)Cc1ccccc1CNC(=O)N(C)Cc1ccccc1C(F)(F)F. The van der Waals surface area contributed by atoms with Gasteiger partial charge in [-0.1, -0.05) is 56.3 Å². The summed E-state index contributed by atoms with van der Waals surface area (Å²) in [5, 5.41) is 2.81. The van der Waals surface area contributed by atoms with E-state index in [9.17, 15) is 18.0 Å². The molecule has 0 fully saturated rings. The number of nitrogens with one attached hydrogen (secondary N) is 1. The highest BCUT2D eigenvalue weighted by molar-refractivity contribution is 5.74. The zero-order valence-electron chi connectivity index (χ0n) is 17.1. The second-order valence-electron chi connectivity index (χ2n) is 6.90. The molecule has 158 valence electrons. The van der Waals surface area contributed by atoms with Gasteiger partial charge in [0.15, 0.2) is 0 Å². The number of hydrogen-bond donors (Lipinski definition) is 1. The molecule has 1 N–H and O–H groups in total. The Kier molecular flexibility index (Phi) is 8.08. The van der Waals surface area contributed by atoms with Gasteiger partial charge >= 0.3 is 12.2 Å². The summed E-state index contributed by atoms with van der Waals surface area (Å²) in [5.41, 5.74) is 1.47. The van der Waals surface area contributed by atoms with E-state index in [4.69, 9.17) is 0 Å². The molecule has 0 saturated heterocycles. The van der Waals surface area contributed by atoms with Crippen molar-refractivity contribution < 1.29 is 18.0 Å². The molecule has 0 aliphatic heterocycles. The molecule has 7 heteroatoms. The Hall–Kier alpha value is -2.54. The monoisotopic (exact) mass is 407 g/mol. The van der Waals surface area contributed by atoms with Crippen molar-refractivity contribution in [1.82, 2.24) is 15.1 Å². The average Bonchev–Trinajstić information content (AvgIpc) is 2.70. The third kappa shape index (κ3) is 6.49. The molecule has 0 bridgehead atoms. The van der Waals surface area contributed by atoms with Crippen LogP contribution in [0.3, 0.4) is 0 Å². The lowest BCUT2D eigenvalue weighted by Crippen LogP contribution is -2.37. The van der Waals surface area contributed by atoms with Crippen molar-refractivity contribution in [3.8, 4) is 0 Å². The number of hydrogen-bond acceptors (Lipinski definition) is 2. The molecule has 0 heterocycles. The van der Waals surface area contributed by atoms with Crippen LogP contribution in [0.1, 0.15) is 36.1 Å². The van der Waals surface area contributed by atoms with Gasteiger partial charge in [0.1, 0.15) is 0 Å². The van der Waals surface area contributed by atoms with Gasteiger partial charge in [0.05, 0.1) is 5.56 Å². The highest BCUT2D eigenvalue weighted by Crippen LogP contribution is 2.32. The number of rotatable bonds is 8. The topological polar surface area (TPSA) is 35.6 Å². The van der Waals surface area contributed by atoms with Crippen LogP contribution in [0.5, 0.6) is 0 Å². The Morgan fingerprint density at radius 3 is 2.03 bits per heavy atom. The van der Waals surface area contributed by atoms with Gasteiger partial charge in [-0.25, -0.2) is 4.79 Å². The molecule has 0 aromatic heterocycles. The lowest BCUT2D eigenvalue weighted by molar-refractivity contribution is -0.138. The van der Waals surface area contributed by atoms with Crippen LogP contribution in [0.2, 0.25) is 0 Å². The standard InChI is InChI=1S/C22H28F3N3O/c1-4-28(5-2)16-18-11-7-6-10-17(18)14-26-21(29)27(3)15-19-12-8-9-13-20(19)22(23,24)25/h6-13H,4-5,14-16H2,1-3H3,(H,26,29). The Labute approximate surface area is 170 Å². The lowest BCUT2D eigenvalue weighted by Gasteiger charge is -2.22. The predicted octanol–water partition coefficient (Wildman–Crippen LogP) is 4.89. The van der Waals surface area contributed by atoms with E-state index in [1.54, 1.807) is 6.07 Å². The number of urea groups is 1. The number of benzene rings is 2. The van der Waals surface area contributed by atoms with Crippen molar-refractivity contribution in [3.05, 3.63) is 70.8 Å². The van der Waals surface area contributed by atoms with E-state index in [2.05, 4.69) is 24.1 Å². The van der Waals surface area contributed by atoms with Crippen LogP contribution in [0, 0.1) is 0 Å². The summed E-state index contributed by atoms with van der Waals surface area (Å²) in [5.74, 6) is 0. The van der Waals surface area contributed by atoms with Gasteiger partial charge in [-0.2, -0.15) is 13.2 Å². The number of carbonyl (C=O) groups excluding carboxylic acids is 1. The van der Waals surface area contributed by atoms with Crippen molar-refractivity contribution in [2.24, 2.45) is 0 Å². The molecule has 0 aliphatic rings. The minimum atomic E-state index is -4.45. The molecule has 0 radical (unpaired) electrons. The second-order valence-corrected chi connectivity index (χ2v) is 6.90. The third-order valence-corrected chi connectivity index (χ3v) is 4.91. The number of amides is 2. The average molecular weight is 407 g/mol. The smallest absolute Gasteiger partial charge is 0.334 e. The minimum absolute atomic E-state index is 0.0691. The fourth-order valence-corrected chi connectivity index (χ4v) is 3.14. The molecule has 4 nitrogen and oxygen atoms in total. The van der Waals surface area contributed by atoms with Gasteiger partial charge in [-0.3, -0.25) is 4.90 Å². The summed E-state index contributed by atoms with van der Waals surface area (Å²) < 4.78 is 39.5. The molecular formula is C22H28F3N3O. The van der Waals surface area contributed by atoms with Gasteiger partial charge in [-0.15, -0.1) is 0 Å². The van der Waals surface area contributed by atoms with Crippen LogP contribution in [0.4, 0.5) is 18.0 Å². The van der Waals surface area contributed by atoms with Crippen molar-refractivity contribution in [1.29, 1.82) is 0 Å². The molecule has 2 aromatic carbocycles. The summed E-state index contributed by atoms with van der Waals surface area (Å²) in [6.45, 7) is 7.04. The summed E-state index contributed by atoms with van der Waals surface area (Å²) >= 11 is 0. The van der Waals surface area contributed by atoms with E-state index >= 15 is 0 Å². The van der Waals surface area contributed by atoms with E-state index < -0.39 is 17.8 Å². The van der Waals surface area contributed by atoms with Crippen LogP contribution in [0.25, 0.3) is 0 Å². The minimum Gasteiger partial charge on any atom is -0.334 e.